The minimum atomic E-state index is -0.257. The first kappa shape index (κ1) is 21.3. The van der Waals surface area contributed by atoms with Gasteiger partial charge in [0.15, 0.2) is 0 Å². The van der Waals surface area contributed by atoms with Crippen LogP contribution in [0, 0.1) is 11.7 Å². The molecular weight excluding hydrogens is 401 g/mol. The average molecular weight is 436 g/mol. The fourth-order valence-electron chi connectivity index (χ4n) is 5.26. The molecule has 0 spiro atoms. The molecule has 1 atom stereocenters. The van der Waals surface area contributed by atoms with Crippen molar-refractivity contribution in [1.29, 1.82) is 0 Å². The molecule has 0 radical (unpaired) electrons. The van der Waals surface area contributed by atoms with Crippen LogP contribution in [0.4, 0.5) is 16.0 Å². The number of allylic oxidation sites excluding steroid dienone is 1. The number of halogens is 1. The van der Waals surface area contributed by atoms with E-state index in [-0.39, 0.29) is 12.7 Å². The number of fused-ring (bicyclic) bond motifs is 2. The summed E-state index contributed by atoms with van der Waals surface area (Å²) < 4.78 is 15.1. The smallest absolute Gasteiger partial charge is 0.223 e. The Morgan fingerprint density at radius 3 is 2.72 bits per heavy atom. The van der Waals surface area contributed by atoms with Crippen molar-refractivity contribution in [3.05, 3.63) is 52.6 Å². The number of piperidine rings is 1. The van der Waals surface area contributed by atoms with E-state index in [1.54, 1.807) is 6.07 Å². The Labute approximate surface area is 191 Å². The van der Waals surface area contributed by atoms with E-state index in [2.05, 4.69) is 60.2 Å². The topological polar surface area (TPSA) is 53.4 Å². The quantitative estimate of drug-likeness (QED) is 0.701. The first-order valence-corrected chi connectivity index (χ1v) is 11.7. The summed E-state index contributed by atoms with van der Waals surface area (Å²) in [6.07, 6.45) is 6.99. The lowest BCUT2D eigenvalue weighted by Crippen LogP contribution is -2.37. The minimum absolute atomic E-state index is 0. The van der Waals surface area contributed by atoms with Gasteiger partial charge in [-0.3, -0.25) is 4.99 Å². The number of aromatic nitrogens is 2. The van der Waals surface area contributed by atoms with Gasteiger partial charge in [0.25, 0.3) is 0 Å². The van der Waals surface area contributed by atoms with Gasteiger partial charge in [-0.05, 0) is 81.6 Å². The van der Waals surface area contributed by atoms with E-state index in [0.717, 1.165) is 66.0 Å². The number of hydrogen-bond acceptors (Lipinski definition) is 5. The number of hydrogen-bond donors (Lipinski definition) is 1. The number of nitrogens with zero attached hydrogens (tertiary/aromatic N) is 4. The summed E-state index contributed by atoms with van der Waals surface area (Å²) >= 11 is 0. The Bertz CT molecular complexity index is 1130. The van der Waals surface area contributed by atoms with Crippen molar-refractivity contribution in [2.24, 2.45) is 10.9 Å². The van der Waals surface area contributed by atoms with Gasteiger partial charge in [-0.1, -0.05) is 19.9 Å². The molecular formula is C26H34FN5. The predicted octanol–water partition coefficient (Wildman–Crippen LogP) is 5.38. The molecule has 3 heterocycles. The van der Waals surface area contributed by atoms with Crippen LogP contribution in [0.3, 0.4) is 0 Å². The maximum Gasteiger partial charge on any atom is 0.223 e. The first-order chi connectivity index (χ1) is 15.3. The highest BCUT2D eigenvalue weighted by Crippen LogP contribution is 2.47. The number of likely N-dealkylation sites (tertiary alicyclic amines) is 1. The molecule has 1 aromatic heterocycles. The zero-order valence-electron chi connectivity index (χ0n) is 19.7. The van der Waals surface area contributed by atoms with Crippen molar-refractivity contribution < 1.29 is 5.82 Å². The molecule has 1 N–H and O–H groups in total. The van der Waals surface area contributed by atoms with E-state index in [0.29, 0.717) is 23.6 Å². The van der Waals surface area contributed by atoms with Crippen LogP contribution in [0.5, 0.6) is 0 Å². The molecule has 5 nitrogen and oxygen atoms in total. The lowest BCUT2D eigenvalue weighted by Gasteiger charge is -2.31. The van der Waals surface area contributed by atoms with Crippen molar-refractivity contribution in [2.75, 3.05) is 25.5 Å². The van der Waals surface area contributed by atoms with Gasteiger partial charge in [-0.25, -0.2) is 14.4 Å². The van der Waals surface area contributed by atoms with Crippen LogP contribution in [0.15, 0.2) is 29.4 Å². The third-order valence-electron chi connectivity index (χ3n) is 7.83. The van der Waals surface area contributed by atoms with E-state index >= 15 is 4.39 Å². The fraction of sp³-hybridized carbons (Fsp3) is 0.500. The number of aliphatic imine (C=N–C) groups is 1. The molecule has 0 saturated carbocycles. The Balaban J connectivity index is 0.00000259. The van der Waals surface area contributed by atoms with Crippen molar-refractivity contribution in [2.45, 2.75) is 58.4 Å². The normalized spacial score (nSPS) is 23.2. The number of nitrogens with one attached hydrogen (secondary N) is 1. The van der Waals surface area contributed by atoms with Crippen LogP contribution in [-0.4, -0.2) is 46.8 Å². The van der Waals surface area contributed by atoms with Gasteiger partial charge in [0.1, 0.15) is 11.5 Å². The molecule has 1 aliphatic carbocycles. The van der Waals surface area contributed by atoms with Crippen molar-refractivity contribution in [3.63, 3.8) is 0 Å². The van der Waals surface area contributed by atoms with E-state index in [9.17, 15) is 0 Å². The van der Waals surface area contributed by atoms with Gasteiger partial charge < -0.3 is 10.2 Å². The highest BCUT2D eigenvalue weighted by atomic mass is 19.1. The van der Waals surface area contributed by atoms with Crippen molar-refractivity contribution >= 4 is 22.9 Å². The Hall–Kier alpha value is -2.60. The maximum atomic E-state index is 15.1. The molecule has 0 amide bonds. The van der Waals surface area contributed by atoms with E-state index in [1.807, 2.05) is 13.1 Å². The number of rotatable bonds is 4. The summed E-state index contributed by atoms with van der Waals surface area (Å²) in [5, 5.41) is 3.51. The summed E-state index contributed by atoms with van der Waals surface area (Å²) in [5.41, 5.74) is 6.11. The van der Waals surface area contributed by atoms with Gasteiger partial charge in [-0.2, -0.15) is 0 Å². The van der Waals surface area contributed by atoms with E-state index in [1.165, 1.54) is 0 Å². The van der Waals surface area contributed by atoms with Gasteiger partial charge in [0, 0.05) is 36.8 Å². The Morgan fingerprint density at radius 1 is 1.25 bits per heavy atom. The third-order valence-corrected chi connectivity index (χ3v) is 7.83. The Morgan fingerprint density at radius 2 is 2.00 bits per heavy atom. The molecule has 32 heavy (non-hydrogen) atoms. The lowest BCUT2D eigenvalue weighted by atomic mass is 9.71. The molecule has 2 aromatic rings. The predicted molar refractivity (Wildman–Crippen MR) is 130 cm³/mol. The summed E-state index contributed by atoms with van der Waals surface area (Å²) in [6.45, 7) is 10.7. The van der Waals surface area contributed by atoms with Crippen LogP contribution in [0.2, 0.25) is 0 Å². The highest BCUT2D eigenvalue weighted by molar-refractivity contribution is 6.01. The zero-order valence-corrected chi connectivity index (χ0v) is 19.7. The first-order valence-electron chi connectivity index (χ1n) is 11.7. The fourth-order valence-corrected chi connectivity index (χ4v) is 5.26. The van der Waals surface area contributed by atoms with Gasteiger partial charge >= 0.3 is 0 Å². The molecule has 6 heteroatoms. The van der Waals surface area contributed by atoms with E-state index < -0.39 is 0 Å². The second kappa shape index (κ2) is 7.77. The summed E-state index contributed by atoms with van der Waals surface area (Å²) in [6, 6.07) is 4.16. The third kappa shape index (κ3) is 3.36. The largest absolute Gasteiger partial charge is 0.351 e. The summed E-state index contributed by atoms with van der Waals surface area (Å²) in [5.74, 6) is 0.769. The van der Waals surface area contributed by atoms with Crippen molar-refractivity contribution in [1.82, 2.24) is 14.9 Å². The van der Waals surface area contributed by atoms with Gasteiger partial charge in [-0.15, -0.1) is 0 Å². The highest BCUT2D eigenvalue weighted by Gasteiger charge is 2.41. The summed E-state index contributed by atoms with van der Waals surface area (Å²) in [4.78, 5) is 16.4. The van der Waals surface area contributed by atoms with Crippen LogP contribution in [0.25, 0.3) is 5.57 Å². The average Bonchev–Trinajstić information content (AvgIpc) is 3.30. The standard InChI is InChI=1S/C26H32FN5.H2/c1-15(2)26(4)16(3)29-24-21(26)12-17(13-22(24)27)19-6-7-23-20(19)14-28-25(31-23)30-18-8-10-32(5)11-9-18;/h6,12-15,18H,7-11H2,1-5H3,(H,28,30,31);1H. The van der Waals surface area contributed by atoms with Gasteiger partial charge in [0.2, 0.25) is 5.95 Å². The molecule has 3 aliphatic rings. The van der Waals surface area contributed by atoms with Crippen LogP contribution in [-0.2, 0) is 11.8 Å². The second-order valence-corrected chi connectivity index (χ2v) is 10.0. The number of anilines is 1. The maximum absolute atomic E-state index is 15.1. The molecule has 1 saturated heterocycles. The Kier molecular flexibility index (Phi) is 5.16. The molecule has 2 aliphatic heterocycles. The zero-order chi connectivity index (χ0) is 22.6. The minimum Gasteiger partial charge on any atom is -0.351 e. The molecule has 0 bridgehead atoms. The molecule has 1 fully saturated rings. The van der Waals surface area contributed by atoms with Gasteiger partial charge in [0.05, 0.1) is 5.69 Å². The van der Waals surface area contributed by atoms with Crippen molar-refractivity contribution in [3.8, 4) is 0 Å². The monoisotopic (exact) mass is 435 g/mol. The second-order valence-electron chi connectivity index (χ2n) is 10.0. The molecule has 1 unspecified atom stereocenters. The van der Waals surface area contributed by atoms with Crippen LogP contribution >= 0.6 is 0 Å². The summed E-state index contributed by atoms with van der Waals surface area (Å²) in [7, 11) is 2.16. The van der Waals surface area contributed by atoms with E-state index in [4.69, 9.17) is 4.98 Å². The molecule has 170 valence electrons. The SMILES string of the molecule is CC1=Nc2c(F)cc(C3=CCc4nc(NC5CCN(C)CC5)ncc43)cc2C1(C)C(C)C.[HH]. The number of benzene rings is 1. The van der Waals surface area contributed by atoms with Crippen LogP contribution in [0.1, 0.15) is 64.3 Å². The lowest BCUT2D eigenvalue weighted by molar-refractivity contribution is 0.263. The molecule has 5 rings (SSSR count). The molecule has 1 aromatic carbocycles. The van der Waals surface area contributed by atoms with Crippen LogP contribution < -0.4 is 5.32 Å².